The highest BCUT2D eigenvalue weighted by atomic mass is 16.4. The van der Waals surface area contributed by atoms with Crippen molar-refractivity contribution in [2.45, 2.75) is 142 Å². The van der Waals surface area contributed by atoms with Crippen LogP contribution in [0.4, 0.5) is 0 Å². The molecule has 0 aromatic rings. The van der Waals surface area contributed by atoms with E-state index in [1.165, 1.54) is 45.4 Å². The number of carboxylic acid groups (broad SMARTS) is 2. The SMILES string of the molecule is CCCCCCCCCCCC(CCCCCCCCCCC(=O)O)(C(C)=O)C(=O)O. The summed E-state index contributed by atoms with van der Waals surface area (Å²) >= 11 is 0. The molecule has 0 aliphatic heterocycles. The molecule has 0 saturated heterocycles. The molecule has 2 N–H and O–H groups in total. The molecular formula is C26H48O5. The van der Waals surface area contributed by atoms with E-state index in [1.54, 1.807) is 0 Å². The van der Waals surface area contributed by atoms with E-state index in [1.807, 2.05) is 0 Å². The number of carbonyl (C=O) groups excluding carboxylic acids is 1. The van der Waals surface area contributed by atoms with Crippen LogP contribution in [0.25, 0.3) is 0 Å². The molecule has 0 amide bonds. The fraction of sp³-hybridized carbons (Fsp3) is 0.885. The smallest absolute Gasteiger partial charge is 0.317 e. The normalized spacial score (nSPS) is 13.1. The summed E-state index contributed by atoms with van der Waals surface area (Å²) in [5.41, 5.74) is -1.20. The van der Waals surface area contributed by atoms with Crippen LogP contribution >= 0.6 is 0 Å². The predicted molar refractivity (Wildman–Crippen MR) is 126 cm³/mol. The standard InChI is InChI=1S/C26H48O5/c1-3-4-5-6-7-9-12-15-18-21-26(23(2)27,25(30)31)22-19-16-13-10-8-11-14-17-20-24(28)29/h3-22H2,1-2H3,(H,28,29)(H,30,31). The van der Waals surface area contributed by atoms with Crippen LogP contribution in [0, 0.1) is 5.41 Å². The average Bonchev–Trinajstić information content (AvgIpc) is 2.71. The molecule has 182 valence electrons. The van der Waals surface area contributed by atoms with Gasteiger partial charge in [0.15, 0.2) is 0 Å². The van der Waals surface area contributed by atoms with Crippen LogP contribution in [0.15, 0.2) is 0 Å². The maximum Gasteiger partial charge on any atom is 0.317 e. The van der Waals surface area contributed by atoms with Gasteiger partial charge in [0.1, 0.15) is 11.2 Å². The summed E-state index contributed by atoms with van der Waals surface area (Å²) in [6.45, 7) is 3.66. The second kappa shape index (κ2) is 19.3. The number of carboxylic acids is 2. The topological polar surface area (TPSA) is 91.7 Å². The number of carbonyl (C=O) groups is 3. The monoisotopic (exact) mass is 440 g/mol. The van der Waals surface area contributed by atoms with Crippen LogP contribution in [0.1, 0.15) is 142 Å². The Balaban J connectivity index is 4.04. The van der Waals surface area contributed by atoms with Crippen LogP contribution < -0.4 is 0 Å². The highest BCUT2D eigenvalue weighted by Crippen LogP contribution is 2.33. The molecule has 0 aliphatic carbocycles. The summed E-state index contributed by atoms with van der Waals surface area (Å²) in [6, 6.07) is 0. The van der Waals surface area contributed by atoms with Gasteiger partial charge in [0.25, 0.3) is 0 Å². The zero-order valence-corrected chi connectivity index (χ0v) is 20.3. The van der Waals surface area contributed by atoms with Crippen LogP contribution in [-0.2, 0) is 14.4 Å². The van der Waals surface area contributed by atoms with Crippen LogP contribution in [0.3, 0.4) is 0 Å². The first-order valence-corrected chi connectivity index (χ1v) is 12.8. The molecule has 31 heavy (non-hydrogen) atoms. The van der Waals surface area contributed by atoms with Crippen molar-refractivity contribution in [1.82, 2.24) is 0 Å². The van der Waals surface area contributed by atoms with Gasteiger partial charge in [0.2, 0.25) is 0 Å². The Labute approximate surface area is 190 Å². The molecule has 1 unspecified atom stereocenters. The van der Waals surface area contributed by atoms with Gasteiger partial charge in [0.05, 0.1) is 0 Å². The molecule has 0 fully saturated rings. The van der Waals surface area contributed by atoms with E-state index in [4.69, 9.17) is 5.11 Å². The Morgan fingerprint density at radius 2 is 0.935 bits per heavy atom. The van der Waals surface area contributed by atoms with E-state index in [9.17, 15) is 19.5 Å². The first kappa shape index (κ1) is 29.6. The van der Waals surface area contributed by atoms with E-state index in [0.717, 1.165) is 70.6 Å². The first-order valence-electron chi connectivity index (χ1n) is 12.8. The highest BCUT2D eigenvalue weighted by molar-refractivity contribution is 6.01. The number of Topliss-reactive ketones (excluding diaryl/α,β-unsaturated/α-hetero) is 1. The fourth-order valence-corrected chi connectivity index (χ4v) is 4.34. The molecule has 0 heterocycles. The Morgan fingerprint density at radius 3 is 1.26 bits per heavy atom. The van der Waals surface area contributed by atoms with Gasteiger partial charge >= 0.3 is 11.9 Å². The lowest BCUT2D eigenvalue weighted by atomic mass is 9.75. The van der Waals surface area contributed by atoms with Crippen LogP contribution in [-0.4, -0.2) is 27.9 Å². The van der Waals surface area contributed by atoms with Crippen molar-refractivity contribution in [2.24, 2.45) is 5.41 Å². The molecule has 0 aromatic heterocycles. The third-order valence-corrected chi connectivity index (χ3v) is 6.53. The summed E-state index contributed by atoms with van der Waals surface area (Å²) in [5.74, 6) is -1.87. The summed E-state index contributed by atoms with van der Waals surface area (Å²) in [5, 5.41) is 18.4. The number of unbranched alkanes of at least 4 members (excludes halogenated alkanes) is 15. The summed E-state index contributed by atoms with van der Waals surface area (Å²) < 4.78 is 0. The lowest BCUT2D eigenvalue weighted by Crippen LogP contribution is -2.38. The van der Waals surface area contributed by atoms with E-state index in [-0.39, 0.29) is 12.2 Å². The molecule has 0 aliphatic rings. The van der Waals surface area contributed by atoms with Gasteiger partial charge in [-0.3, -0.25) is 14.4 Å². The number of hydrogen-bond donors (Lipinski definition) is 2. The minimum Gasteiger partial charge on any atom is -0.481 e. The van der Waals surface area contributed by atoms with Crippen LogP contribution in [0.2, 0.25) is 0 Å². The van der Waals surface area contributed by atoms with Crippen molar-refractivity contribution in [3.05, 3.63) is 0 Å². The first-order chi connectivity index (χ1) is 14.9. The predicted octanol–water partition coefficient (Wildman–Crippen LogP) is 7.55. The molecule has 0 radical (unpaired) electrons. The Kier molecular flexibility index (Phi) is 18.4. The van der Waals surface area contributed by atoms with Gasteiger partial charge in [-0.1, -0.05) is 110 Å². The van der Waals surface area contributed by atoms with E-state index < -0.39 is 17.4 Å². The van der Waals surface area contributed by atoms with E-state index in [2.05, 4.69) is 6.92 Å². The van der Waals surface area contributed by atoms with Crippen molar-refractivity contribution < 1.29 is 24.6 Å². The van der Waals surface area contributed by atoms with Crippen molar-refractivity contribution >= 4 is 17.7 Å². The Morgan fingerprint density at radius 1 is 0.581 bits per heavy atom. The average molecular weight is 441 g/mol. The molecular weight excluding hydrogens is 392 g/mol. The number of hydrogen-bond acceptors (Lipinski definition) is 3. The minimum atomic E-state index is -1.20. The maximum absolute atomic E-state index is 12.3. The maximum atomic E-state index is 12.3. The Hall–Kier alpha value is -1.39. The zero-order valence-electron chi connectivity index (χ0n) is 20.3. The van der Waals surface area contributed by atoms with Gasteiger partial charge in [-0.15, -0.1) is 0 Å². The van der Waals surface area contributed by atoms with E-state index in [0.29, 0.717) is 12.8 Å². The zero-order chi connectivity index (χ0) is 23.4. The van der Waals surface area contributed by atoms with Gasteiger partial charge in [-0.05, 0) is 26.2 Å². The van der Waals surface area contributed by atoms with Crippen molar-refractivity contribution in [3.8, 4) is 0 Å². The van der Waals surface area contributed by atoms with Gasteiger partial charge in [-0.25, -0.2) is 0 Å². The van der Waals surface area contributed by atoms with Gasteiger partial charge in [-0.2, -0.15) is 0 Å². The minimum absolute atomic E-state index is 0.196. The van der Waals surface area contributed by atoms with Crippen molar-refractivity contribution in [1.29, 1.82) is 0 Å². The molecule has 5 nitrogen and oxygen atoms in total. The quantitative estimate of drug-likeness (QED) is 0.126. The molecule has 0 spiro atoms. The lowest BCUT2D eigenvalue weighted by Gasteiger charge is -2.27. The third-order valence-electron chi connectivity index (χ3n) is 6.53. The Bertz CT molecular complexity index is 472. The van der Waals surface area contributed by atoms with Crippen molar-refractivity contribution in [2.75, 3.05) is 0 Å². The molecule has 0 bridgehead atoms. The van der Waals surface area contributed by atoms with Crippen molar-refractivity contribution in [3.63, 3.8) is 0 Å². The molecule has 5 heteroatoms. The lowest BCUT2D eigenvalue weighted by molar-refractivity contribution is -0.155. The number of rotatable bonds is 23. The summed E-state index contributed by atoms with van der Waals surface area (Å²) in [7, 11) is 0. The number of aliphatic carboxylic acids is 2. The van der Waals surface area contributed by atoms with Crippen LogP contribution in [0.5, 0.6) is 0 Å². The van der Waals surface area contributed by atoms with Gasteiger partial charge < -0.3 is 10.2 Å². The number of ketones is 1. The second-order valence-electron chi connectivity index (χ2n) is 9.24. The third kappa shape index (κ3) is 15.1. The molecule has 0 saturated carbocycles. The molecule has 0 aromatic carbocycles. The van der Waals surface area contributed by atoms with Gasteiger partial charge in [0, 0.05) is 6.42 Å². The highest BCUT2D eigenvalue weighted by Gasteiger charge is 2.42. The fourth-order valence-electron chi connectivity index (χ4n) is 4.34. The summed E-state index contributed by atoms with van der Waals surface area (Å²) in [6.07, 6.45) is 19.5. The summed E-state index contributed by atoms with van der Waals surface area (Å²) in [4.78, 5) is 34.7. The molecule has 1 atom stereocenters. The largest absolute Gasteiger partial charge is 0.481 e. The molecule has 0 rings (SSSR count). The van der Waals surface area contributed by atoms with E-state index >= 15 is 0 Å². The second-order valence-corrected chi connectivity index (χ2v) is 9.24.